The van der Waals surface area contributed by atoms with E-state index in [4.69, 9.17) is 10.5 Å². The highest BCUT2D eigenvalue weighted by atomic mass is 16.5. The van der Waals surface area contributed by atoms with Gasteiger partial charge in [0.1, 0.15) is 35.7 Å². The minimum absolute atomic E-state index is 0.0928. The number of hydrogen-bond acceptors (Lipinski definition) is 9. The number of aliphatic hydroxyl groups is 2. The van der Waals surface area contributed by atoms with Crippen molar-refractivity contribution in [3.05, 3.63) is 18.2 Å². The number of aliphatic hydroxyl groups excluding tert-OH is 2. The van der Waals surface area contributed by atoms with Crippen LogP contribution in [0.2, 0.25) is 0 Å². The number of imidazole rings is 1. The summed E-state index contributed by atoms with van der Waals surface area (Å²) in [7, 11) is 0. The van der Waals surface area contributed by atoms with Gasteiger partial charge in [-0.3, -0.25) is 0 Å². The molecule has 0 radical (unpaired) electrons. The first-order valence-corrected chi connectivity index (χ1v) is 6.69. The summed E-state index contributed by atoms with van der Waals surface area (Å²) in [5.41, 5.74) is 2.52. The average molecular weight is 315 g/mol. The minimum Gasteiger partial charge on any atom is -0.394 e. The third kappa shape index (κ3) is 1.68. The molecule has 118 valence electrons. The van der Waals surface area contributed by atoms with E-state index < -0.39 is 29.8 Å². The van der Waals surface area contributed by atoms with E-state index in [1.54, 1.807) is 0 Å². The first-order valence-electron chi connectivity index (χ1n) is 6.69. The Morgan fingerprint density at radius 3 is 2.78 bits per heavy atom. The Hall–Kier alpha value is -2.79. The number of nitrogens with zero attached hydrogens (tertiary/aromatic N) is 6. The van der Waals surface area contributed by atoms with Crippen molar-refractivity contribution >= 4 is 11.5 Å². The van der Waals surface area contributed by atoms with Crippen molar-refractivity contribution in [2.45, 2.75) is 24.7 Å². The lowest BCUT2D eigenvalue weighted by Crippen LogP contribution is -2.45. The summed E-state index contributed by atoms with van der Waals surface area (Å²) in [5.74, 6) is 0.0928. The molecular formula is C13H13N7O3. The lowest BCUT2D eigenvalue weighted by molar-refractivity contribution is -0.0585. The van der Waals surface area contributed by atoms with Crippen LogP contribution in [-0.2, 0) is 10.3 Å². The van der Waals surface area contributed by atoms with Gasteiger partial charge in [0.25, 0.3) is 0 Å². The van der Waals surface area contributed by atoms with Crippen LogP contribution in [0.1, 0.15) is 12.6 Å². The van der Waals surface area contributed by atoms with Crippen LogP contribution in [-0.4, -0.2) is 48.6 Å². The van der Waals surface area contributed by atoms with Crippen molar-refractivity contribution in [3.63, 3.8) is 0 Å². The number of fused-ring (bicyclic) bond motifs is 1. The van der Waals surface area contributed by atoms with E-state index in [1.807, 2.05) is 12.1 Å². The first-order chi connectivity index (χ1) is 10.9. The molecule has 4 N–H and O–H groups in total. The second kappa shape index (κ2) is 4.86. The fourth-order valence-corrected chi connectivity index (χ4v) is 2.88. The average Bonchev–Trinajstić information content (AvgIpc) is 3.09. The van der Waals surface area contributed by atoms with Crippen molar-refractivity contribution in [1.29, 1.82) is 10.5 Å². The van der Waals surface area contributed by atoms with Crippen LogP contribution in [0, 0.1) is 28.1 Å². The molecule has 1 fully saturated rings. The van der Waals surface area contributed by atoms with E-state index in [9.17, 15) is 20.7 Å². The number of nitrogens with two attached hydrogens (primary N) is 1. The quantitative estimate of drug-likeness (QED) is 0.610. The molecule has 3 heterocycles. The summed E-state index contributed by atoms with van der Waals surface area (Å²) < 4.78 is 6.86. The third-order valence-corrected chi connectivity index (χ3v) is 4.26. The van der Waals surface area contributed by atoms with Crippen LogP contribution in [0.4, 0.5) is 5.82 Å². The Morgan fingerprint density at radius 2 is 2.17 bits per heavy atom. The van der Waals surface area contributed by atoms with E-state index in [2.05, 4.69) is 15.1 Å². The van der Waals surface area contributed by atoms with Gasteiger partial charge in [0.15, 0.2) is 11.5 Å². The van der Waals surface area contributed by atoms with Crippen LogP contribution < -0.4 is 5.73 Å². The molecule has 4 atom stereocenters. The van der Waals surface area contributed by atoms with Crippen LogP contribution in [0.25, 0.3) is 5.65 Å². The maximum atomic E-state index is 10.4. The van der Waals surface area contributed by atoms with Gasteiger partial charge in [-0.05, 0) is 6.92 Å². The molecule has 10 heteroatoms. The maximum absolute atomic E-state index is 10.4. The Bertz CT molecular complexity index is 853. The fourth-order valence-electron chi connectivity index (χ4n) is 2.88. The van der Waals surface area contributed by atoms with Gasteiger partial charge in [-0.15, -0.1) is 0 Å². The van der Waals surface area contributed by atoms with Gasteiger partial charge >= 0.3 is 0 Å². The maximum Gasteiger partial charge on any atom is 0.219 e. The normalized spacial score (nSPS) is 33.4. The molecule has 0 amide bonds. The van der Waals surface area contributed by atoms with E-state index >= 15 is 0 Å². The molecule has 0 aliphatic carbocycles. The SMILES string of the molecule is CC1(C#N)C(O)C(CO)OC1(C#N)c1cnc2c(N)ncnn12. The number of aromatic nitrogens is 4. The fraction of sp³-hybridized carbons (Fsp3) is 0.462. The van der Waals surface area contributed by atoms with E-state index in [0.717, 1.165) is 0 Å². The highest BCUT2D eigenvalue weighted by molar-refractivity contribution is 5.59. The molecule has 23 heavy (non-hydrogen) atoms. The topological polar surface area (TPSA) is 166 Å². The minimum atomic E-state index is -1.88. The number of nitriles is 2. The molecule has 1 aliphatic rings. The number of anilines is 1. The van der Waals surface area contributed by atoms with Crippen molar-refractivity contribution in [2.24, 2.45) is 5.41 Å². The summed E-state index contributed by atoms with van der Waals surface area (Å²) in [6.07, 6.45) is 0.00832. The molecular weight excluding hydrogens is 302 g/mol. The second-order valence-electron chi connectivity index (χ2n) is 5.41. The molecule has 4 unspecified atom stereocenters. The number of rotatable bonds is 2. The highest BCUT2D eigenvalue weighted by Crippen LogP contribution is 2.52. The Morgan fingerprint density at radius 1 is 1.43 bits per heavy atom. The van der Waals surface area contributed by atoms with Crippen LogP contribution in [0.15, 0.2) is 12.5 Å². The molecule has 10 nitrogen and oxygen atoms in total. The first kappa shape index (κ1) is 15.1. The lowest BCUT2D eigenvalue weighted by Gasteiger charge is -2.31. The predicted octanol–water partition coefficient (Wildman–Crippen LogP) is -1.29. The molecule has 0 bridgehead atoms. The monoisotopic (exact) mass is 315 g/mol. The van der Waals surface area contributed by atoms with Gasteiger partial charge in [-0.1, -0.05) is 0 Å². The standard InChI is InChI=1S/C13H13N7O3/c1-12(4-14)9(22)7(3-21)23-13(12,5-15)8-2-17-11-10(16)18-6-19-20(8)11/h2,6-7,9,21-22H,3H2,1H3,(H2,16,18,19). The van der Waals surface area contributed by atoms with E-state index in [-0.39, 0.29) is 17.2 Å². The Labute approximate surface area is 130 Å². The van der Waals surface area contributed by atoms with Crippen molar-refractivity contribution in [1.82, 2.24) is 19.6 Å². The van der Waals surface area contributed by atoms with Gasteiger partial charge in [0.05, 0.1) is 18.9 Å². The number of hydrogen-bond donors (Lipinski definition) is 3. The Kier molecular flexibility index (Phi) is 3.19. The van der Waals surface area contributed by atoms with Gasteiger partial charge in [0.2, 0.25) is 5.60 Å². The molecule has 0 saturated carbocycles. The largest absolute Gasteiger partial charge is 0.394 e. The summed E-state index contributed by atoms with van der Waals surface area (Å²) in [6.45, 7) is 0.843. The smallest absolute Gasteiger partial charge is 0.219 e. The Balaban J connectivity index is 2.31. The van der Waals surface area contributed by atoms with Gasteiger partial charge in [0, 0.05) is 0 Å². The van der Waals surface area contributed by atoms with Crippen LogP contribution in [0.3, 0.4) is 0 Å². The molecule has 1 saturated heterocycles. The molecule has 0 aromatic carbocycles. The van der Waals surface area contributed by atoms with E-state index in [1.165, 1.54) is 24.0 Å². The van der Waals surface area contributed by atoms with Gasteiger partial charge in [-0.2, -0.15) is 15.6 Å². The second-order valence-corrected chi connectivity index (χ2v) is 5.41. The van der Waals surface area contributed by atoms with Crippen molar-refractivity contribution in [2.75, 3.05) is 12.3 Å². The molecule has 2 aromatic heterocycles. The summed E-state index contributed by atoms with van der Waals surface area (Å²) in [4.78, 5) is 7.86. The van der Waals surface area contributed by atoms with Crippen molar-refractivity contribution in [3.8, 4) is 12.1 Å². The van der Waals surface area contributed by atoms with E-state index in [0.29, 0.717) is 0 Å². The zero-order valence-electron chi connectivity index (χ0n) is 12.1. The summed E-state index contributed by atoms with van der Waals surface area (Å²) >= 11 is 0. The number of ether oxygens (including phenoxy) is 1. The number of nitrogen functional groups attached to an aromatic ring is 1. The van der Waals surface area contributed by atoms with Gasteiger partial charge in [-0.25, -0.2) is 14.5 Å². The van der Waals surface area contributed by atoms with Crippen LogP contribution in [0.5, 0.6) is 0 Å². The lowest BCUT2D eigenvalue weighted by atomic mass is 9.71. The third-order valence-electron chi connectivity index (χ3n) is 4.26. The summed E-state index contributed by atoms with van der Waals surface area (Å²) in [6, 6.07) is 3.89. The van der Waals surface area contributed by atoms with Gasteiger partial charge < -0.3 is 20.7 Å². The molecule has 0 spiro atoms. The molecule has 2 aromatic rings. The highest BCUT2D eigenvalue weighted by Gasteiger charge is 2.66. The molecule has 1 aliphatic heterocycles. The molecule has 3 rings (SSSR count). The zero-order chi connectivity index (χ0) is 16.8. The van der Waals surface area contributed by atoms with Crippen LogP contribution >= 0.6 is 0 Å². The van der Waals surface area contributed by atoms with Crippen molar-refractivity contribution < 1.29 is 14.9 Å². The predicted molar refractivity (Wildman–Crippen MR) is 74.2 cm³/mol. The summed E-state index contributed by atoms with van der Waals surface area (Å²) in [5, 5.41) is 43.1. The zero-order valence-corrected chi connectivity index (χ0v) is 12.1.